The fourth-order valence-corrected chi connectivity index (χ4v) is 2.26. The second-order valence-electron chi connectivity index (χ2n) is 3.85. The molecule has 0 saturated heterocycles. The highest BCUT2D eigenvalue weighted by Gasteiger charge is 2.14. The Morgan fingerprint density at radius 1 is 1.41 bits per heavy atom. The highest BCUT2D eigenvalue weighted by atomic mass is 79.9. The van der Waals surface area contributed by atoms with E-state index >= 15 is 0 Å². The minimum atomic E-state index is -0.231. The van der Waals surface area contributed by atoms with E-state index in [-0.39, 0.29) is 11.9 Å². The Morgan fingerprint density at radius 2 is 2.18 bits per heavy atom. The summed E-state index contributed by atoms with van der Waals surface area (Å²) in [6.45, 7) is 6.33. The first-order valence-electron chi connectivity index (χ1n) is 5.95. The van der Waals surface area contributed by atoms with Crippen molar-refractivity contribution in [2.45, 2.75) is 26.3 Å². The molecule has 2 nitrogen and oxygen atoms in total. The average Bonchev–Trinajstić information content (AvgIpc) is 2.28. The Kier molecular flexibility index (Phi) is 6.70. The molecule has 0 aliphatic rings. The van der Waals surface area contributed by atoms with Crippen molar-refractivity contribution < 1.29 is 9.13 Å². The number of likely N-dealkylation sites (N-methyl/N-ethyl adjacent to an activating group) is 1. The van der Waals surface area contributed by atoms with Gasteiger partial charge in [-0.05, 0) is 30.7 Å². The number of benzene rings is 1. The van der Waals surface area contributed by atoms with E-state index in [1.807, 2.05) is 6.92 Å². The summed E-state index contributed by atoms with van der Waals surface area (Å²) in [7, 11) is 0. The van der Waals surface area contributed by atoms with Crippen LogP contribution in [0.2, 0.25) is 0 Å². The van der Waals surface area contributed by atoms with Crippen molar-refractivity contribution in [2.24, 2.45) is 0 Å². The van der Waals surface area contributed by atoms with Gasteiger partial charge in [0.25, 0.3) is 0 Å². The Morgan fingerprint density at radius 3 is 2.76 bits per heavy atom. The third kappa shape index (κ3) is 4.74. The minimum absolute atomic E-state index is 0.0986. The van der Waals surface area contributed by atoms with Crippen molar-refractivity contribution in [3.63, 3.8) is 0 Å². The average molecular weight is 304 g/mol. The highest BCUT2D eigenvalue weighted by molar-refractivity contribution is 9.10. The smallest absolute Gasteiger partial charge is 0.124 e. The Hall–Kier alpha value is -0.450. The molecule has 1 unspecified atom stereocenters. The van der Waals surface area contributed by atoms with Crippen LogP contribution in [-0.2, 0) is 4.74 Å². The summed E-state index contributed by atoms with van der Waals surface area (Å²) in [5, 5.41) is 3.34. The van der Waals surface area contributed by atoms with E-state index in [4.69, 9.17) is 4.74 Å². The molecule has 17 heavy (non-hydrogen) atoms. The first kappa shape index (κ1) is 14.6. The van der Waals surface area contributed by atoms with Gasteiger partial charge in [0.15, 0.2) is 0 Å². The van der Waals surface area contributed by atoms with Crippen LogP contribution in [0.4, 0.5) is 4.39 Å². The summed E-state index contributed by atoms with van der Waals surface area (Å²) in [6.07, 6.45) is 1.00. The van der Waals surface area contributed by atoms with Gasteiger partial charge in [-0.25, -0.2) is 4.39 Å². The summed E-state index contributed by atoms with van der Waals surface area (Å²) >= 11 is 3.39. The molecule has 1 aromatic rings. The number of rotatable bonds is 7. The maximum Gasteiger partial charge on any atom is 0.124 e. The topological polar surface area (TPSA) is 21.3 Å². The second kappa shape index (κ2) is 7.80. The molecule has 0 aliphatic carbocycles. The van der Waals surface area contributed by atoms with Crippen molar-refractivity contribution in [1.82, 2.24) is 5.32 Å². The molecule has 0 fully saturated rings. The molecule has 0 bridgehead atoms. The molecule has 0 radical (unpaired) electrons. The molecule has 1 aromatic carbocycles. The minimum Gasteiger partial charge on any atom is -0.379 e. The third-order valence-corrected chi connectivity index (χ3v) is 3.11. The molecule has 1 atom stereocenters. The van der Waals surface area contributed by atoms with Gasteiger partial charge >= 0.3 is 0 Å². The van der Waals surface area contributed by atoms with Crippen molar-refractivity contribution in [1.29, 1.82) is 0 Å². The zero-order valence-electron chi connectivity index (χ0n) is 10.3. The maximum absolute atomic E-state index is 13.0. The summed E-state index contributed by atoms with van der Waals surface area (Å²) < 4.78 is 19.4. The van der Waals surface area contributed by atoms with Crippen LogP contribution >= 0.6 is 15.9 Å². The number of hydrogen-bond acceptors (Lipinski definition) is 2. The van der Waals surface area contributed by atoms with Crippen LogP contribution in [0, 0.1) is 5.82 Å². The molecule has 1 rings (SSSR count). The lowest BCUT2D eigenvalue weighted by atomic mass is 10.1. The third-order valence-electron chi connectivity index (χ3n) is 2.42. The normalized spacial score (nSPS) is 12.7. The molecule has 4 heteroatoms. The molecular formula is C13H19BrFNO. The first-order chi connectivity index (χ1) is 8.19. The number of ether oxygens (including phenoxy) is 1. The van der Waals surface area contributed by atoms with Gasteiger partial charge in [0, 0.05) is 11.1 Å². The molecule has 0 spiro atoms. The van der Waals surface area contributed by atoms with Crippen LogP contribution < -0.4 is 5.32 Å². The summed E-state index contributed by atoms with van der Waals surface area (Å²) in [6, 6.07) is 4.85. The van der Waals surface area contributed by atoms with Crippen molar-refractivity contribution in [2.75, 3.05) is 19.8 Å². The predicted molar refractivity (Wildman–Crippen MR) is 71.6 cm³/mol. The molecule has 0 heterocycles. The van der Waals surface area contributed by atoms with E-state index in [0.29, 0.717) is 6.61 Å². The maximum atomic E-state index is 13.0. The van der Waals surface area contributed by atoms with Crippen LogP contribution in [0.1, 0.15) is 31.9 Å². The predicted octanol–water partition coefficient (Wildman–Crippen LogP) is 3.67. The van der Waals surface area contributed by atoms with Gasteiger partial charge in [0.05, 0.1) is 12.6 Å². The standard InChI is InChI=1S/C13H19BrFNO/c1-3-7-17-9-13(16-4-2)11-6-5-10(15)8-12(11)14/h5-6,8,13,16H,3-4,7,9H2,1-2H3. The van der Waals surface area contributed by atoms with E-state index in [0.717, 1.165) is 29.6 Å². The molecule has 0 saturated carbocycles. The highest BCUT2D eigenvalue weighted by Crippen LogP contribution is 2.24. The number of nitrogens with one attached hydrogen (secondary N) is 1. The number of halogens is 2. The monoisotopic (exact) mass is 303 g/mol. The zero-order valence-corrected chi connectivity index (χ0v) is 11.9. The van der Waals surface area contributed by atoms with Gasteiger partial charge in [-0.1, -0.05) is 35.8 Å². The SMILES string of the molecule is CCCOCC(NCC)c1ccc(F)cc1Br. The first-order valence-corrected chi connectivity index (χ1v) is 6.74. The van der Waals surface area contributed by atoms with Crippen LogP contribution in [0.15, 0.2) is 22.7 Å². The lowest BCUT2D eigenvalue weighted by Gasteiger charge is -2.19. The van der Waals surface area contributed by atoms with Gasteiger partial charge in [-0.3, -0.25) is 0 Å². The Balaban J connectivity index is 2.74. The lowest BCUT2D eigenvalue weighted by molar-refractivity contribution is 0.112. The van der Waals surface area contributed by atoms with Crippen LogP contribution in [-0.4, -0.2) is 19.8 Å². The van der Waals surface area contributed by atoms with Gasteiger partial charge in [0.2, 0.25) is 0 Å². The van der Waals surface area contributed by atoms with Gasteiger partial charge in [-0.2, -0.15) is 0 Å². The molecular weight excluding hydrogens is 285 g/mol. The molecule has 0 amide bonds. The molecule has 0 aromatic heterocycles. The van der Waals surface area contributed by atoms with Crippen molar-refractivity contribution in [3.05, 3.63) is 34.1 Å². The quantitative estimate of drug-likeness (QED) is 0.776. The Bertz CT molecular complexity index is 346. The molecule has 1 N–H and O–H groups in total. The number of hydrogen-bond donors (Lipinski definition) is 1. The van der Waals surface area contributed by atoms with Gasteiger partial charge < -0.3 is 10.1 Å². The Labute approximate surface area is 111 Å². The largest absolute Gasteiger partial charge is 0.379 e. The van der Waals surface area contributed by atoms with E-state index in [1.165, 1.54) is 12.1 Å². The van der Waals surface area contributed by atoms with Crippen LogP contribution in [0.5, 0.6) is 0 Å². The lowest BCUT2D eigenvalue weighted by Crippen LogP contribution is -2.26. The second-order valence-corrected chi connectivity index (χ2v) is 4.71. The van der Waals surface area contributed by atoms with E-state index in [2.05, 4.69) is 28.2 Å². The van der Waals surface area contributed by atoms with Crippen molar-refractivity contribution >= 4 is 15.9 Å². The van der Waals surface area contributed by atoms with Gasteiger partial charge in [-0.15, -0.1) is 0 Å². The van der Waals surface area contributed by atoms with E-state index in [1.54, 1.807) is 6.07 Å². The molecule has 96 valence electrons. The summed E-state index contributed by atoms with van der Waals surface area (Å²) in [5.74, 6) is -0.231. The van der Waals surface area contributed by atoms with E-state index < -0.39 is 0 Å². The van der Waals surface area contributed by atoms with Gasteiger partial charge in [0.1, 0.15) is 5.82 Å². The molecule has 0 aliphatic heterocycles. The zero-order chi connectivity index (χ0) is 12.7. The van der Waals surface area contributed by atoms with Crippen molar-refractivity contribution in [3.8, 4) is 0 Å². The summed E-state index contributed by atoms with van der Waals surface area (Å²) in [5.41, 5.74) is 1.03. The van der Waals surface area contributed by atoms with E-state index in [9.17, 15) is 4.39 Å². The summed E-state index contributed by atoms with van der Waals surface area (Å²) in [4.78, 5) is 0. The fourth-order valence-electron chi connectivity index (χ4n) is 1.63. The fraction of sp³-hybridized carbons (Fsp3) is 0.538. The van der Waals surface area contributed by atoms with Crippen LogP contribution in [0.3, 0.4) is 0 Å². The van der Waals surface area contributed by atoms with Crippen LogP contribution in [0.25, 0.3) is 0 Å².